The molecule has 17 heavy (non-hydrogen) atoms. The molecule has 0 spiro atoms. The summed E-state index contributed by atoms with van der Waals surface area (Å²) in [5, 5.41) is 9.00. The van der Waals surface area contributed by atoms with Crippen molar-refractivity contribution in [2.75, 3.05) is 11.4 Å². The Labute approximate surface area is 101 Å². The standard InChI is InChI=1S/C14H17NO2/c1-2-15(10-14-4-3-9-17-14)13-7-5-12(11-16)6-8-13/h3-9,16H,2,10-11H2,1H3. The zero-order valence-electron chi connectivity index (χ0n) is 9.97. The van der Waals surface area contributed by atoms with Gasteiger partial charge in [0.25, 0.3) is 0 Å². The van der Waals surface area contributed by atoms with Crippen LogP contribution in [0.3, 0.4) is 0 Å². The molecule has 0 aliphatic carbocycles. The quantitative estimate of drug-likeness (QED) is 0.859. The van der Waals surface area contributed by atoms with E-state index < -0.39 is 0 Å². The number of benzene rings is 1. The summed E-state index contributed by atoms with van der Waals surface area (Å²) in [6, 6.07) is 11.8. The summed E-state index contributed by atoms with van der Waals surface area (Å²) in [5.41, 5.74) is 2.07. The highest BCUT2D eigenvalue weighted by Crippen LogP contribution is 2.18. The summed E-state index contributed by atoms with van der Waals surface area (Å²) in [5.74, 6) is 0.957. The van der Waals surface area contributed by atoms with Gasteiger partial charge in [0, 0.05) is 12.2 Å². The van der Waals surface area contributed by atoms with Gasteiger partial charge in [0.15, 0.2) is 0 Å². The first-order valence-electron chi connectivity index (χ1n) is 5.80. The zero-order valence-corrected chi connectivity index (χ0v) is 9.97. The van der Waals surface area contributed by atoms with E-state index in [2.05, 4.69) is 11.8 Å². The van der Waals surface area contributed by atoms with Gasteiger partial charge in [-0.3, -0.25) is 0 Å². The lowest BCUT2D eigenvalue weighted by molar-refractivity contribution is 0.282. The van der Waals surface area contributed by atoms with Crippen LogP contribution in [0, 0.1) is 0 Å². The van der Waals surface area contributed by atoms with Gasteiger partial charge in [0.05, 0.1) is 19.4 Å². The van der Waals surface area contributed by atoms with Gasteiger partial charge < -0.3 is 14.4 Å². The predicted octanol–water partition coefficient (Wildman–Crippen LogP) is 2.80. The number of hydrogen-bond donors (Lipinski definition) is 1. The van der Waals surface area contributed by atoms with Gasteiger partial charge in [0.1, 0.15) is 5.76 Å². The molecule has 1 N–H and O–H groups in total. The molecule has 1 aromatic heterocycles. The van der Waals surface area contributed by atoms with Crippen molar-refractivity contribution in [3.8, 4) is 0 Å². The maximum absolute atomic E-state index is 9.00. The summed E-state index contributed by atoms with van der Waals surface area (Å²) in [4.78, 5) is 2.22. The van der Waals surface area contributed by atoms with Crippen LogP contribution in [0.4, 0.5) is 5.69 Å². The Hall–Kier alpha value is -1.74. The van der Waals surface area contributed by atoms with E-state index in [9.17, 15) is 0 Å². The van der Waals surface area contributed by atoms with Crippen molar-refractivity contribution >= 4 is 5.69 Å². The van der Waals surface area contributed by atoms with Gasteiger partial charge in [-0.15, -0.1) is 0 Å². The fourth-order valence-electron chi connectivity index (χ4n) is 1.79. The molecule has 3 nitrogen and oxygen atoms in total. The third-order valence-corrected chi connectivity index (χ3v) is 2.79. The summed E-state index contributed by atoms with van der Waals surface area (Å²) in [7, 11) is 0. The van der Waals surface area contributed by atoms with E-state index in [1.54, 1.807) is 6.26 Å². The predicted molar refractivity (Wildman–Crippen MR) is 67.8 cm³/mol. The first-order valence-corrected chi connectivity index (χ1v) is 5.80. The first-order chi connectivity index (χ1) is 8.33. The summed E-state index contributed by atoms with van der Waals surface area (Å²) in [6.45, 7) is 3.88. The van der Waals surface area contributed by atoms with Gasteiger partial charge in [0.2, 0.25) is 0 Å². The van der Waals surface area contributed by atoms with Crippen LogP contribution in [-0.4, -0.2) is 11.7 Å². The van der Waals surface area contributed by atoms with E-state index >= 15 is 0 Å². The first kappa shape index (κ1) is 11.7. The molecule has 0 saturated carbocycles. The van der Waals surface area contributed by atoms with E-state index in [1.807, 2.05) is 36.4 Å². The highest BCUT2D eigenvalue weighted by atomic mass is 16.3. The molecule has 0 fully saturated rings. The molecule has 3 heteroatoms. The number of anilines is 1. The van der Waals surface area contributed by atoms with Gasteiger partial charge in [-0.05, 0) is 36.8 Å². The van der Waals surface area contributed by atoms with Crippen LogP contribution in [0.25, 0.3) is 0 Å². The van der Waals surface area contributed by atoms with Crippen LogP contribution in [-0.2, 0) is 13.2 Å². The maximum Gasteiger partial charge on any atom is 0.123 e. The number of nitrogens with zero attached hydrogens (tertiary/aromatic N) is 1. The number of rotatable bonds is 5. The summed E-state index contributed by atoms with van der Waals surface area (Å²) < 4.78 is 5.35. The van der Waals surface area contributed by atoms with E-state index in [0.717, 1.165) is 30.1 Å². The average molecular weight is 231 g/mol. The summed E-state index contributed by atoms with van der Waals surface area (Å²) >= 11 is 0. The molecule has 1 heterocycles. The van der Waals surface area contributed by atoms with E-state index in [-0.39, 0.29) is 6.61 Å². The van der Waals surface area contributed by atoms with Crippen LogP contribution in [0.15, 0.2) is 47.1 Å². The molecule has 0 amide bonds. The molecular formula is C14H17NO2. The van der Waals surface area contributed by atoms with Crippen LogP contribution >= 0.6 is 0 Å². The van der Waals surface area contributed by atoms with Crippen LogP contribution in [0.2, 0.25) is 0 Å². The highest BCUT2D eigenvalue weighted by Gasteiger charge is 2.06. The van der Waals surface area contributed by atoms with Gasteiger partial charge >= 0.3 is 0 Å². The Bertz CT molecular complexity index is 434. The topological polar surface area (TPSA) is 36.6 Å². The minimum atomic E-state index is 0.0879. The zero-order chi connectivity index (χ0) is 12.1. The third-order valence-electron chi connectivity index (χ3n) is 2.79. The molecule has 0 radical (unpaired) electrons. The molecule has 0 unspecified atom stereocenters. The van der Waals surface area contributed by atoms with Crippen molar-refractivity contribution < 1.29 is 9.52 Å². The lowest BCUT2D eigenvalue weighted by Crippen LogP contribution is -2.21. The molecule has 1 aromatic carbocycles. The lowest BCUT2D eigenvalue weighted by Gasteiger charge is -2.22. The Morgan fingerprint density at radius 2 is 1.94 bits per heavy atom. The van der Waals surface area contributed by atoms with E-state index in [4.69, 9.17) is 9.52 Å². The fourth-order valence-corrected chi connectivity index (χ4v) is 1.79. The Kier molecular flexibility index (Phi) is 3.83. The number of aliphatic hydroxyl groups is 1. The molecule has 0 bridgehead atoms. The molecular weight excluding hydrogens is 214 g/mol. The second-order valence-electron chi connectivity index (χ2n) is 3.92. The van der Waals surface area contributed by atoms with Crippen molar-refractivity contribution in [3.05, 3.63) is 54.0 Å². The SMILES string of the molecule is CCN(Cc1ccco1)c1ccc(CO)cc1. The number of aliphatic hydroxyl groups excluding tert-OH is 1. The average Bonchev–Trinajstić information content (AvgIpc) is 2.89. The van der Waals surface area contributed by atoms with Crippen LogP contribution in [0.1, 0.15) is 18.2 Å². The molecule has 2 aromatic rings. The van der Waals surface area contributed by atoms with Gasteiger partial charge in [-0.1, -0.05) is 12.1 Å². The fraction of sp³-hybridized carbons (Fsp3) is 0.286. The minimum absolute atomic E-state index is 0.0879. The Morgan fingerprint density at radius 3 is 2.47 bits per heavy atom. The van der Waals surface area contributed by atoms with Crippen molar-refractivity contribution in [3.63, 3.8) is 0 Å². The second kappa shape index (κ2) is 5.55. The smallest absolute Gasteiger partial charge is 0.123 e. The van der Waals surface area contributed by atoms with Crippen molar-refractivity contribution in [1.29, 1.82) is 0 Å². The second-order valence-corrected chi connectivity index (χ2v) is 3.92. The highest BCUT2D eigenvalue weighted by molar-refractivity contribution is 5.47. The molecule has 0 atom stereocenters. The van der Waals surface area contributed by atoms with Gasteiger partial charge in [-0.25, -0.2) is 0 Å². The van der Waals surface area contributed by atoms with E-state index in [0.29, 0.717) is 0 Å². The number of hydrogen-bond acceptors (Lipinski definition) is 3. The van der Waals surface area contributed by atoms with Crippen molar-refractivity contribution in [1.82, 2.24) is 0 Å². The largest absolute Gasteiger partial charge is 0.467 e. The van der Waals surface area contributed by atoms with E-state index in [1.165, 1.54) is 0 Å². The Balaban J connectivity index is 2.11. The molecule has 90 valence electrons. The lowest BCUT2D eigenvalue weighted by atomic mass is 10.2. The van der Waals surface area contributed by atoms with Gasteiger partial charge in [-0.2, -0.15) is 0 Å². The molecule has 2 rings (SSSR count). The third kappa shape index (κ3) is 2.88. The number of furan rings is 1. The van der Waals surface area contributed by atoms with Crippen LogP contribution < -0.4 is 4.90 Å². The normalized spacial score (nSPS) is 10.5. The molecule has 0 aliphatic heterocycles. The van der Waals surface area contributed by atoms with Crippen molar-refractivity contribution in [2.24, 2.45) is 0 Å². The van der Waals surface area contributed by atoms with Crippen LogP contribution in [0.5, 0.6) is 0 Å². The monoisotopic (exact) mass is 231 g/mol. The minimum Gasteiger partial charge on any atom is -0.467 e. The van der Waals surface area contributed by atoms with Crippen molar-refractivity contribution in [2.45, 2.75) is 20.1 Å². The molecule has 0 saturated heterocycles. The Morgan fingerprint density at radius 1 is 1.18 bits per heavy atom. The summed E-state index contributed by atoms with van der Waals surface area (Å²) in [6.07, 6.45) is 1.69. The maximum atomic E-state index is 9.00. The molecule has 0 aliphatic rings.